The number of hydrogen-bond acceptors (Lipinski definition) is 2. The van der Waals surface area contributed by atoms with Crippen molar-refractivity contribution in [1.82, 2.24) is 0 Å². The first kappa shape index (κ1) is 11.2. The van der Waals surface area contributed by atoms with Crippen LogP contribution in [-0.2, 0) is 0 Å². The highest BCUT2D eigenvalue weighted by molar-refractivity contribution is 5.78. The van der Waals surface area contributed by atoms with Crippen LogP contribution in [0.5, 0.6) is 5.75 Å². The van der Waals surface area contributed by atoms with Gasteiger partial charge in [-0.05, 0) is 24.3 Å². The Labute approximate surface area is 101 Å². The van der Waals surface area contributed by atoms with Crippen LogP contribution >= 0.6 is 0 Å². The van der Waals surface area contributed by atoms with Crippen LogP contribution in [0.15, 0.2) is 59.6 Å². The van der Waals surface area contributed by atoms with E-state index in [1.54, 1.807) is 13.4 Å². The summed E-state index contributed by atoms with van der Waals surface area (Å²) in [6.45, 7) is 0. The largest absolute Gasteiger partial charge is 0.497 e. The van der Waals surface area contributed by atoms with Crippen molar-refractivity contribution in [3.8, 4) is 5.75 Å². The fraction of sp³-hybridized carbons (Fsp3) is 0.0714. The summed E-state index contributed by atoms with van der Waals surface area (Å²) >= 11 is 0. The summed E-state index contributed by atoms with van der Waals surface area (Å²) in [4.78, 5) is 4.28. The van der Waals surface area contributed by atoms with Gasteiger partial charge in [0.1, 0.15) is 5.75 Å². The molecule has 0 heterocycles. The van der Waals surface area contributed by atoms with Gasteiger partial charge in [0.15, 0.2) is 0 Å². The molecule has 0 unspecified atom stereocenters. The predicted molar refractivity (Wildman–Crippen MR) is 71.2 cm³/mol. The van der Waals surface area contributed by atoms with E-state index in [9.17, 15) is 0 Å². The number of hydrogen-bond donors (Lipinski definition) is 1. The molecule has 86 valence electrons. The molecule has 0 aliphatic rings. The minimum atomic E-state index is 0.822. The molecule has 0 radical (unpaired) electrons. The van der Waals surface area contributed by atoms with Crippen LogP contribution < -0.4 is 10.1 Å². The topological polar surface area (TPSA) is 33.6 Å². The molecule has 2 aromatic carbocycles. The molecule has 0 aromatic heterocycles. The van der Waals surface area contributed by atoms with Crippen molar-refractivity contribution < 1.29 is 4.74 Å². The summed E-state index contributed by atoms with van der Waals surface area (Å²) in [7, 11) is 1.65. The van der Waals surface area contributed by atoms with Crippen LogP contribution in [0.1, 0.15) is 0 Å². The standard InChI is InChI=1S/C14H14N2O/c1-17-14-9-5-8-13(10-14)16-11-15-12-6-3-2-4-7-12/h2-11H,1H3,(H,15,16). The summed E-state index contributed by atoms with van der Waals surface area (Å²) in [5, 5.41) is 3.10. The number of anilines is 1. The normalized spacial score (nSPS) is 10.4. The van der Waals surface area contributed by atoms with Gasteiger partial charge in [0, 0.05) is 11.8 Å². The Kier molecular flexibility index (Phi) is 3.76. The smallest absolute Gasteiger partial charge is 0.120 e. The van der Waals surface area contributed by atoms with Gasteiger partial charge in [0.25, 0.3) is 0 Å². The van der Waals surface area contributed by atoms with Crippen molar-refractivity contribution in [2.24, 2.45) is 4.99 Å². The monoisotopic (exact) mass is 226 g/mol. The van der Waals surface area contributed by atoms with E-state index in [2.05, 4.69) is 10.3 Å². The molecular weight excluding hydrogens is 212 g/mol. The molecular formula is C14H14N2O. The Balaban J connectivity index is 2.00. The van der Waals surface area contributed by atoms with E-state index in [0.717, 1.165) is 17.1 Å². The van der Waals surface area contributed by atoms with E-state index in [-0.39, 0.29) is 0 Å². The fourth-order valence-electron chi connectivity index (χ4n) is 1.41. The summed E-state index contributed by atoms with van der Waals surface area (Å²) in [6, 6.07) is 17.5. The third-order valence-corrected chi connectivity index (χ3v) is 2.27. The molecule has 0 atom stereocenters. The zero-order chi connectivity index (χ0) is 11.9. The molecule has 0 aliphatic heterocycles. The van der Waals surface area contributed by atoms with Crippen molar-refractivity contribution in [2.75, 3.05) is 12.4 Å². The minimum absolute atomic E-state index is 0.822. The zero-order valence-corrected chi connectivity index (χ0v) is 9.63. The zero-order valence-electron chi connectivity index (χ0n) is 9.63. The molecule has 3 nitrogen and oxygen atoms in total. The number of rotatable bonds is 4. The van der Waals surface area contributed by atoms with Gasteiger partial charge >= 0.3 is 0 Å². The number of nitrogens with zero attached hydrogens (tertiary/aromatic N) is 1. The molecule has 2 aromatic rings. The molecule has 0 bridgehead atoms. The van der Waals surface area contributed by atoms with Crippen LogP contribution in [0.4, 0.5) is 11.4 Å². The number of aliphatic imine (C=N–C) groups is 1. The maximum absolute atomic E-state index is 5.13. The molecule has 0 saturated carbocycles. The highest BCUT2D eigenvalue weighted by Crippen LogP contribution is 2.16. The van der Waals surface area contributed by atoms with Crippen LogP contribution in [-0.4, -0.2) is 13.4 Å². The maximum atomic E-state index is 5.13. The Hall–Kier alpha value is -2.29. The van der Waals surface area contributed by atoms with Crippen molar-refractivity contribution >= 4 is 17.7 Å². The molecule has 0 aliphatic carbocycles. The van der Waals surface area contributed by atoms with Crippen molar-refractivity contribution in [1.29, 1.82) is 0 Å². The second kappa shape index (κ2) is 5.70. The second-order valence-corrected chi connectivity index (χ2v) is 3.47. The van der Waals surface area contributed by atoms with Crippen LogP contribution in [0.2, 0.25) is 0 Å². The van der Waals surface area contributed by atoms with Crippen molar-refractivity contribution in [3.05, 3.63) is 54.6 Å². The van der Waals surface area contributed by atoms with Crippen molar-refractivity contribution in [2.45, 2.75) is 0 Å². The summed E-state index contributed by atoms with van der Waals surface area (Å²) in [6.07, 6.45) is 1.67. The summed E-state index contributed by atoms with van der Waals surface area (Å²) < 4.78 is 5.13. The van der Waals surface area contributed by atoms with Crippen LogP contribution in [0.25, 0.3) is 0 Å². The molecule has 1 N–H and O–H groups in total. The summed E-state index contributed by atoms with van der Waals surface area (Å²) in [5.41, 5.74) is 1.87. The van der Waals surface area contributed by atoms with Crippen LogP contribution in [0, 0.1) is 0 Å². The molecule has 3 heteroatoms. The Bertz CT molecular complexity index is 495. The minimum Gasteiger partial charge on any atom is -0.497 e. The highest BCUT2D eigenvalue weighted by atomic mass is 16.5. The fourth-order valence-corrected chi connectivity index (χ4v) is 1.41. The number of methoxy groups -OCH3 is 1. The lowest BCUT2D eigenvalue weighted by Crippen LogP contribution is -1.94. The number of benzene rings is 2. The molecule has 0 saturated heterocycles. The van der Waals surface area contributed by atoms with Gasteiger partial charge in [-0.1, -0.05) is 24.3 Å². The Morgan fingerprint density at radius 1 is 1.06 bits per heavy atom. The number of ether oxygens (including phenoxy) is 1. The Morgan fingerprint density at radius 3 is 2.65 bits per heavy atom. The van der Waals surface area contributed by atoms with Gasteiger partial charge in [-0.25, -0.2) is 4.99 Å². The van der Waals surface area contributed by atoms with Gasteiger partial charge < -0.3 is 10.1 Å². The Morgan fingerprint density at radius 2 is 1.88 bits per heavy atom. The first-order valence-corrected chi connectivity index (χ1v) is 5.36. The van der Waals surface area contributed by atoms with E-state index in [0.29, 0.717) is 0 Å². The van der Waals surface area contributed by atoms with Gasteiger partial charge in [-0.15, -0.1) is 0 Å². The molecule has 17 heavy (non-hydrogen) atoms. The quantitative estimate of drug-likeness (QED) is 0.639. The van der Waals surface area contributed by atoms with E-state index < -0.39 is 0 Å². The van der Waals surface area contributed by atoms with Gasteiger partial charge in [-0.3, -0.25) is 0 Å². The lowest BCUT2D eigenvalue weighted by molar-refractivity contribution is 0.415. The molecule has 0 spiro atoms. The predicted octanol–water partition coefficient (Wildman–Crippen LogP) is 3.47. The third-order valence-electron chi connectivity index (χ3n) is 2.27. The van der Waals surface area contributed by atoms with Gasteiger partial charge in [0.2, 0.25) is 0 Å². The highest BCUT2D eigenvalue weighted by Gasteiger charge is 1.92. The lowest BCUT2D eigenvalue weighted by atomic mass is 10.3. The molecule has 0 amide bonds. The lowest BCUT2D eigenvalue weighted by Gasteiger charge is -2.03. The van der Waals surface area contributed by atoms with Gasteiger partial charge in [-0.2, -0.15) is 0 Å². The SMILES string of the molecule is COc1cccc(NC=Nc2ccccc2)c1. The van der Waals surface area contributed by atoms with Gasteiger partial charge in [0.05, 0.1) is 19.1 Å². The third kappa shape index (κ3) is 3.34. The van der Waals surface area contributed by atoms with E-state index in [4.69, 9.17) is 4.74 Å². The van der Waals surface area contributed by atoms with Crippen LogP contribution in [0.3, 0.4) is 0 Å². The maximum Gasteiger partial charge on any atom is 0.120 e. The summed E-state index contributed by atoms with van der Waals surface area (Å²) in [5.74, 6) is 0.822. The first-order valence-electron chi connectivity index (χ1n) is 5.36. The number of nitrogens with one attached hydrogen (secondary N) is 1. The number of para-hydroxylation sites is 1. The average Bonchev–Trinajstić information content (AvgIpc) is 2.40. The first-order chi connectivity index (χ1) is 8.38. The van der Waals surface area contributed by atoms with E-state index in [1.165, 1.54) is 0 Å². The molecule has 2 rings (SSSR count). The van der Waals surface area contributed by atoms with E-state index in [1.807, 2.05) is 54.6 Å². The second-order valence-electron chi connectivity index (χ2n) is 3.47. The average molecular weight is 226 g/mol. The van der Waals surface area contributed by atoms with Crippen molar-refractivity contribution in [3.63, 3.8) is 0 Å². The van der Waals surface area contributed by atoms with E-state index >= 15 is 0 Å². The molecule has 0 fully saturated rings.